The molecule has 1 aliphatic heterocycles. The summed E-state index contributed by atoms with van der Waals surface area (Å²) in [4.78, 5) is 0. The average molecular weight is 440 g/mol. The largest absolute Gasteiger partial charge is 0.508 e. The molecule has 2 atom stereocenters. The lowest BCUT2D eigenvalue weighted by molar-refractivity contribution is 0.138. The van der Waals surface area contributed by atoms with Crippen LogP contribution in [0.3, 0.4) is 0 Å². The van der Waals surface area contributed by atoms with Crippen LogP contribution >= 0.6 is 0 Å². The topological polar surface area (TPSA) is 61.7 Å². The van der Waals surface area contributed by atoms with Crippen LogP contribution < -0.4 is 5.32 Å². The third kappa shape index (κ3) is 4.32. The van der Waals surface area contributed by atoms with Gasteiger partial charge in [0.05, 0.1) is 0 Å². The van der Waals surface area contributed by atoms with E-state index in [0.29, 0.717) is 6.04 Å². The summed E-state index contributed by atoms with van der Waals surface area (Å²) in [6.07, 6.45) is 3.40. The van der Waals surface area contributed by atoms with Crippen LogP contribution in [0.4, 0.5) is 0 Å². The zero-order valence-electron chi connectivity index (χ0n) is 18.8. The van der Waals surface area contributed by atoms with Crippen molar-refractivity contribution in [1.29, 1.82) is 0 Å². The molecule has 0 radical (unpaired) electrons. The zero-order valence-corrected chi connectivity index (χ0v) is 18.8. The van der Waals surface area contributed by atoms with Gasteiger partial charge in [-0.05, 0) is 76.7 Å². The summed E-state index contributed by atoms with van der Waals surface area (Å²) in [5, 5.41) is 25.4. The number of ether oxygens (including phenoxy) is 1. The van der Waals surface area contributed by atoms with Crippen LogP contribution in [0.25, 0.3) is 21.9 Å². The highest BCUT2D eigenvalue weighted by Gasteiger charge is 2.22. The molecule has 168 valence electrons. The quantitative estimate of drug-likeness (QED) is 0.334. The van der Waals surface area contributed by atoms with Gasteiger partial charge in [-0.25, -0.2) is 0 Å². The minimum atomic E-state index is -0.282. The number of hydrogen-bond acceptors (Lipinski definition) is 4. The number of fused-ring (bicyclic) bond motifs is 1. The SMILES string of the molecule is COC(c1ccc(C2CCCCN2)cc1)c1c(-c2ccc(O)cc2)ccc2cc(O)ccc12. The Hall–Kier alpha value is -3.34. The number of piperidine rings is 1. The molecule has 1 heterocycles. The number of aromatic hydroxyl groups is 2. The predicted molar refractivity (Wildman–Crippen MR) is 133 cm³/mol. The Morgan fingerprint density at radius 2 is 1.61 bits per heavy atom. The van der Waals surface area contributed by atoms with E-state index in [-0.39, 0.29) is 17.6 Å². The Labute approximate surface area is 194 Å². The van der Waals surface area contributed by atoms with Gasteiger partial charge in [0.15, 0.2) is 0 Å². The van der Waals surface area contributed by atoms with E-state index >= 15 is 0 Å². The standard InChI is InChI=1S/C29H29NO3/c1-33-29(21-7-5-20(6-8-21)27-4-2-3-17-30-27)28-25(19-9-12-23(31)13-10-19)15-11-22-18-24(32)14-16-26(22)28/h5-16,18,27,29-32H,2-4,17H2,1H3. The molecule has 0 bridgehead atoms. The maximum atomic E-state index is 10.0. The smallest absolute Gasteiger partial charge is 0.116 e. The normalized spacial score (nSPS) is 17.2. The van der Waals surface area contributed by atoms with Gasteiger partial charge < -0.3 is 20.3 Å². The van der Waals surface area contributed by atoms with Gasteiger partial charge in [0, 0.05) is 18.7 Å². The van der Waals surface area contributed by atoms with E-state index in [0.717, 1.165) is 39.6 Å². The summed E-state index contributed by atoms with van der Waals surface area (Å²) in [7, 11) is 1.74. The van der Waals surface area contributed by atoms with Crippen molar-refractivity contribution in [1.82, 2.24) is 5.32 Å². The summed E-state index contributed by atoms with van der Waals surface area (Å²) >= 11 is 0. The van der Waals surface area contributed by atoms with Crippen molar-refractivity contribution in [3.63, 3.8) is 0 Å². The van der Waals surface area contributed by atoms with E-state index in [1.165, 1.54) is 24.8 Å². The fourth-order valence-corrected chi connectivity index (χ4v) is 4.98. The molecule has 0 saturated carbocycles. The van der Waals surface area contributed by atoms with Crippen molar-refractivity contribution in [3.05, 3.63) is 95.6 Å². The molecule has 1 fully saturated rings. The minimum absolute atomic E-state index is 0.237. The Balaban J connectivity index is 1.62. The third-order valence-electron chi connectivity index (χ3n) is 6.67. The number of benzene rings is 4. The molecule has 2 unspecified atom stereocenters. The van der Waals surface area contributed by atoms with Gasteiger partial charge in [-0.2, -0.15) is 0 Å². The molecule has 4 aromatic rings. The number of nitrogens with one attached hydrogen (secondary N) is 1. The van der Waals surface area contributed by atoms with Gasteiger partial charge in [0.25, 0.3) is 0 Å². The zero-order chi connectivity index (χ0) is 22.8. The first-order valence-corrected chi connectivity index (χ1v) is 11.5. The molecule has 0 amide bonds. The van der Waals surface area contributed by atoms with E-state index in [1.54, 1.807) is 31.4 Å². The first-order chi connectivity index (χ1) is 16.1. The Morgan fingerprint density at radius 3 is 2.30 bits per heavy atom. The lowest BCUT2D eigenvalue weighted by Crippen LogP contribution is -2.26. The average Bonchev–Trinajstić information content (AvgIpc) is 2.86. The maximum Gasteiger partial charge on any atom is 0.116 e. The van der Waals surface area contributed by atoms with Gasteiger partial charge in [-0.15, -0.1) is 0 Å². The summed E-state index contributed by atoms with van der Waals surface area (Å²) in [6.45, 7) is 1.08. The molecular weight excluding hydrogens is 410 g/mol. The van der Waals surface area contributed by atoms with Crippen LogP contribution in [0.15, 0.2) is 78.9 Å². The van der Waals surface area contributed by atoms with E-state index in [4.69, 9.17) is 4.74 Å². The number of hydrogen-bond donors (Lipinski definition) is 3. The Morgan fingerprint density at radius 1 is 0.848 bits per heavy atom. The first-order valence-electron chi connectivity index (χ1n) is 11.5. The molecule has 4 heteroatoms. The number of phenols is 2. The van der Waals surface area contributed by atoms with Crippen LogP contribution in [0, 0.1) is 0 Å². The van der Waals surface area contributed by atoms with E-state index in [1.807, 2.05) is 24.3 Å². The maximum absolute atomic E-state index is 10.0. The lowest BCUT2D eigenvalue weighted by atomic mass is 9.87. The monoisotopic (exact) mass is 439 g/mol. The second-order valence-electron chi connectivity index (χ2n) is 8.76. The summed E-state index contributed by atoms with van der Waals surface area (Å²) < 4.78 is 6.10. The molecule has 1 saturated heterocycles. The van der Waals surface area contributed by atoms with Crippen LogP contribution in [0.1, 0.15) is 48.1 Å². The number of rotatable bonds is 5. The molecule has 4 aromatic carbocycles. The third-order valence-corrected chi connectivity index (χ3v) is 6.67. The molecular formula is C29H29NO3. The van der Waals surface area contributed by atoms with Crippen molar-refractivity contribution >= 4 is 10.8 Å². The lowest BCUT2D eigenvalue weighted by Gasteiger charge is -2.25. The van der Waals surface area contributed by atoms with Crippen molar-refractivity contribution in [2.75, 3.05) is 13.7 Å². The van der Waals surface area contributed by atoms with Gasteiger partial charge in [-0.1, -0.05) is 61.0 Å². The van der Waals surface area contributed by atoms with Crippen LogP contribution in [-0.2, 0) is 4.74 Å². The van der Waals surface area contributed by atoms with E-state index in [2.05, 4.69) is 35.6 Å². The predicted octanol–water partition coefficient (Wildman–Crippen LogP) is 6.47. The molecule has 3 N–H and O–H groups in total. The van der Waals surface area contributed by atoms with Crippen LogP contribution in [0.5, 0.6) is 11.5 Å². The summed E-state index contributed by atoms with van der Waals surface area (Å²) in [6, 6.07) is 26.0. The number of methoxy groups -OCH3 is 1. The summed E-state index contributed by atoms with van der Waals surface area (Å²) in [5.41, 5.74) is 5.48. The Kier molecular flexibility index (Phi) is 6.03. The molecule has 0 aromatic heterocycles. The van der Waals surface area contributed by atoms with E-state index in [9.17, 15) is 10.2 Å². The number of phenolic OH excluding ortho intramolecular Hbond substituents is 2. The first kappa shape index (κ1) is 21.5. The highest BCUT2D eigenvalue weighted by atomic mass is 16.5. The molecule has 0 spiro atoms. The van der Waals surface area contributed by atoms with Crippen LogP contribution in [0.2, 0.25) is 0 Å². The van der Waals surface area contributed by atoms with Crippen LogP contribution in [-0.4, -0.2) is 23.9 Å². The van der Waals surface area contributed by atoms with Crippen molar-refractivity contribution in [2.24, 2.45) is 0 Å². The van der Waals surface area contributed by atoms with Gasteiger partial charge in [0.1, 0.15) is 17.6 Å². The summed E-state index contributed by atoms with van der Waals surface area (Å²) in [5.74, 6) is 0.477. The highest BCUT2D eigenvalue weighted by Crippen LogP contribution is 2.40. The molecule has 0 aliphatic carbocycles. The second-order valence-corrected chi connectivity index (χ2v) is 8.76. The van der Waals surface area contributed by atoms with Crippen molar-refractivity contribution in [3.8, 4) is 22.6 Å². The second kappa shape index (κ2) is 9.26. The Bertz CT molecular complexity index is 1240. The molecule has 33 heavy (non-hydrogen) atoms. The van der Waals surface area contributed by atoms with Gasteiger partial charge >= 0.3 is 0 Å². The van der Waals surface area contributed by atoms with Gasteiger partial charge in [0.2, 0.25) is 0 Å². The molecule has 5 rings (SSSR count). The molecule has 1 aliphatic rings. The highest BCUT2D eigenvalue weighted by molar-refractivity contribution is 5.93. The fourth-order valence-electron chi connectivity index (χ4n) is 4.98. The van der Waals surface area contributed by atoms with Crippen molar-refractivity contribution in [2.45, 2.75) is 31.4 Å². The fraction of sp³-hybridized carbons (Fsp3) is 0.241. The van der Waals surface area contributed by atoms with Gasteiger partial charge in [-0.3, -0.25) is 0 Å². The molecule has 4 nitrogen and oxygen atoms in total. The van der Waals surface area contributed by atoms with E-state index < -0.39 is 0 Å². The minimum Gasteiger partial charge on any atom is -0.508 e. The van der Waals surface area contributed by atoms with Crippen molar-refractivity contribution < 1.29 is 14.9 Å².